The first kappa shape index (κ1) is 69.2. The Bertz CT molecular complexity index is 2350. The number of aliphatic carboxylic acids is 2. The third-order valence-corrected chi connectivity index (χ3v) is 13.3. The standard InChI is InChI=1S/C52H85N13O14S/c1-49(2,30-50(3,4)32-57-38(66)13-11-27-80-63-48(77)52(7,8)31-51(5,6)47-61-64-65-62-47)28-41(69)60-37(46(75)76)19-21-40(68)59-36(45(73)74)18-20-39(67)55-23-24-78-25-26-79-29-42(70)58-35(43(54)71)12-9-10-22-56-44(72)33-14-16-34(53)17-15-33/h14-17,35-37H,9-13,18-32,53H2,1-8H3,(H2,54,71)(H,55,67)(H,56,72)(H,57,66)(H,58,70)(H,59,68)(H,60,69)(H,63,77)(H,73,74)(H,75,76)(H,61,62,64,65). The monoisotopic (exact) mass is 1150 g/mol. The number of primary amides is 1. The highest BCUT2D eigenvalue weighted by atomic mass is 32.2. The van der Waals surface area contributed by atoms with E-state index in [0.29, 0.717) is 68.0 Å². The number of aromatic amines is 1. The molecule has 80 heavy (non-hydrogen) atoms. The first-order valence-electron chi connectivity index (χ1n) is 26.5. The molecular weight excluding hydrogens is 1060 g/mol. The molecule has 1 aromatic carbocycles. The molecule has 2 aromatic rings. The third kappa shape index (κ3) is 28.8. The van der Waals surface area contributed by atoms with Gasteiger partial charge < -0.3 is 63.1 Å². The molecular formula is C52H85N13O14S. The van der Waals surface area contributed by atoms with Crippen LogP contribution in [0.25, 0.3) is 0 Å². The molecule has 0 aliphatic heterocycles. The van der Waals surface area contributed by atoms with Crippen molar-refractivity contribution in [3.05, 3.63) is 35.7 Å². The van der Waals surface area contributed by atoms with E-state index in [-0.39, 0.29) is 89.2 Å². The predicted octanol–water partition coefficient (Wildman–Crippen LogP) is 1.39. The average Bonchev–Trinajstić information content (AvgIpc) is 3.92. The normalized spacial score (nSPS) is 12.9. The lowest BCUT2D eigenvalue weighted by molar-refractivity contribution is -0.143. The van der Waals surface area contributed by atoms with Crippen molar-refractivity contribution >= 4 is 76.8 Å². The van der Waals surface area contributed by atoms with Crippen molar-refractivity contribution in [2.75, 3.05) is 57.5 Å². The highest BCUT2D eigenvalue weighted by molar-refractivity contribution is 7.97. The fourth-order valence-electron chi connectivity index (χ4n) is 8.80. The number of tetrazole rings is 1. The highest BCUT2D eigenvalue weighted by Crippen LogP contribution is 2.37. The van der Waals surface area contributed by atoms with Crippen LogP contribution in [0.5, 0.6) is 0 Å². The van der Waals surface area contributed by atoms with E-state index in [2.05, 4.69) is 57.2 Å². The molecule has 3 unspecified atom stereocenters. The summed E-state index contributed by atoms with van der Waals surface area (Å²) in [6.07, 6.45) is 1.60. The number of nitrogens with zero attached hydrogens (tertiary/aromatic N) is 3. The van der Waals surface area contributed by atoms with Crippen LogP contribution in [0.3, 0.4) is 0 Å². The zero-order valence-corrected chi connectivity index (χ0v) is 48.2. The molecule has 8 amide bonds. The Kier molecular flexibility index (Phi) is 29.6. The van der Waals surface area contributed by atoms with E-state index in [0.717, 1.165) is 0 Å². The van der Waals surface area contributed by atoms with Crippen molar-refractivity contribution in [1.29, 1.82) is 0 Å². The van der Waals surface area contributed by atoms with Gasteiger partial charge in [0.05, 0.1) is 19.8 Å². The number of hydrogen-bond acceptors (Lipinski definition) is 17. The number of anilines is 1. The van der Waals surface area contributed by atoms with Crippen molar-refractivity contribution < 1.29 is 67.6 Å². The molecule has 27 nitrogen and oxygen atoms in total. The maximum absolute atomic E-state index is 13.1. The number of carboxylic acids is 2. The van der Waals surface area contributed by atoms with Crippen molar-refractivity contribution in [3.8, 4) is 0 Å². The molecule has 0 aliphatic carbocycles. The van der Waals surface area contributed by atoms with Crippen LogP contribution in [0.2, 0.25) is 0 Å². The zero-order valence-electron chi connectivity index (χ0n) is 47.4. The van der Waals surface area contributed by atoms with Gasteiger partial charge in [0.25, 0.3) is 5.91 Å². The number of carbonyl (C=O) groups is 10. The number of hydrogen-bond donors (Lipinski definition) is 12. The lowest BCUT2D eigenvalue weighted by atomic mass is 9.73. The molecule has 2 rings (SSSR count). The first-order valence-corrected chi connectivity index (χ1v) is 27.5. The van der Waals surface area contributed by atoms with Crippen LogP contribution in [-0.4, -0.2) is 160 Å². The van der Waals surface area contributed by atoms with Crippen LogP contribution in [0.1, 0.15) is 149 Å². The Morgan fingerprint density at radius 1 is 0.650 bits per heavy atom. The number of nitrogens with two attached hydrogens (primary N) is 2. The van der Waals surface area contributed by atoms with Gasteiger partial charge in [-0.2, -0.15) is 0 Å². The van der Waals surface area contributed by atoms with E-state index in [4.69, 9.17) is 20.9 Å². The zero-order chi connectivity index (χ0) is 60.1. The minimum absolute atomic E-state index is 0.00992. The van der Waals surface area contributed by atoms with Gasteiger partial charge in [0.15, 0.2) is 5.82 Å². The van der Waals surface area contributed by atoms with Crippen LogP contribution in [-0.2, 0) is 58.0 Å². The smallest absolute Gasteiger partial charge is 0.326 e. The first-order chi connectivity index (χ1) is 37.4. The number of nitrogens with one attached hydrogen (secondary N) is 8. The summed E-state index contributed by atoms with van der Waals surface area (Å²) in [5.41, 5.74) is 9.80. The van der Waals surface area contributed by atoms with E-state index in [1.54, 1.807) is 24.3 Å². The molecule has 14 N–H and O–H groups in total. The van der Waals surface area contributed by atoms with Crippen LogP contribution >= 0.6 is 11.9 Å². The SMILES string of the molecule is CC(C)(CNC(=O)CCCSNC(=O)C(C)(C)CC(C)(C)c1nnn[nH]1)CC(C)(C)CC(=O)NC(CCC(=O)NC(CCC(=O)NCCOCCOCC(=O)NC(CCCCNC(=O)c1ccc(N)cc1)C(N)=O)C(=O)O)C(=O)O. The molecule has 0 spiro atoms. The summed E-state index contributed by atoms with van der Waals surface area (Å²) in [4.78, 5) is 124. The van der Waals surface area contributed by atoms with Crippen LogP contribution < -0.4 is 48.1 Å². The second-order valence-electron chi connectivity index (χ2n) is 22.4. The van der Waals surface area contributed by atoms with Gasteiger partial charge in [-0.25, -0.2) is 14.7 Å². The maximum Gasteiger partial charge on any atom is 0.326 e. The van der Waals surface area contributed by atoms with Gasteiger partial charge in [-0.05, 0) is 96.9 Å². The van der Waals surface area contributed by atoms with Crippen molar-refractivity contribution in [2.45, 2.75) is 156 Å². The van der Waals surface area contributed by atoms with Gasteiger partial charge in [-0.3, -0.25) is 43.1 Å². The summed E-state index contributed by atoms with van der Waals surface area (Å²) in [5.74, 6) is -5.46. The highest BCUT2D eigenvalue weighted by Gasteiger charge is 2.38. The fraction of sp³-hybridized carbons (Fsp3) is 0.673. The van der Waals surface area contributed by atoms with Gasteiger partial charge in [0, 0.05) is 73.2 Å². The van der Waals surface area contributed by atoms with Gasteiger partial charge in [-0.15, -0.1) is 5.10 Å². The molecule has 1 heterocycles. The number of carbonyl (C=O) groups excluding carboxylic acids is 8. The summed E-state index contributed by atoms with van der Waals surface area (Å²) in [7, 11) is 0. The molecule has 448 valence electrons. The Morgan fingerprint density at radius 3 is 1.86 bits per heavy atom. The lowest BCUT2D eigenvalue weighted by Gasteiger charge is -2.35. The van der Waals surface area contributed by atoms with Crippen molar-refractivity contribution in [3.63, 3.8) is 0 Å². The molecule has 0 saturated heterocycles. The minimum Gasteiger partial charge on any atom is -0.480 e. The molecule has 3 atom stereocenters. The summed E-state index contributed by atoms with van der Waals surface area (Å²) in [5, 5.41) is 49.1. The molecule has 0 bridgehead atoms. The van der Waals surface area contributed by atoms with E-state index in [9.17, 15) is 58.2 Å². The van der Waals surface area contributed by atoms with Crippen molar-refractivity contribution in [2.24, 2.45) is 22.0 Å². The van der Waals surface area contributed by atoms with E-state index >= 15 is 0 Å². The second kappa shape index (κ2) is 34.3. The largest absolute Gasteiger partial charge is 0.480 e. The predicted molar refractivity (Wildman–Crippen MR) is 296 cm³/mol. The van der Waals surface area contributed by atoms with Gasteiger partial charge in [0.2, 0.25) is 41.4 Å². The topological polar surface area (TPSA) is 420 Å². The molecule has 0 saturated carbocycles. The van der Waals surface area contributed by atoms with Crippen molar-refractivity contribution in [1.82, 2.24) is 57.2 Å². The number of amides is 8. The number of H-pyrrole nitrogens is 1. The summed E-state index contributed by atoms with van der Waals surface area (Å²) < 4.78 is 13.6. The van der Waals surface area contributed by atoms with Gasteiger partial charge in [-0.1, -0.05) is 67.3 Å². The summed E-state index contributed by atoms with van der Waals surface area (Å²) in [6, 6.07) is 2.61. The molecule has 1 aromatic heterocycles. The number of carboxylic acid groups (broad SMARTS) is 2. The van der Waals surface area contributed by atoms with Crippen LogP contribution in [0.15, 0.2) is 24.3 Å². The number of aromatic nitrogens is 4. The number of benzene rings is 1. The van der Waals surface area contributed by atoms with Gasteiger partial charge in [0.1, 0.15) is 24.7 Å². The fourth-order valence-corrected chi connectivity index (χ4v) is 9.60. The molecule has 0 radical (unpaired) electrons. The molecule has 0 aliphatic rings. The Labute approximate surface area is 471 Å². The second-order valence-corrected chi connectivity index (χ2v) is 23.3. The van der Waals surface area contributed by atoms with Crippen LogP contribution in [0.4, 0.5) is 5.69 Å². The number of rotatable bonds is 41. The minimum atomic E-state index is -1.46. The molecule has 0 fully saturated rings. The number of nitrogen functional groups attached to an aromatic ring is 1. The number of ether oxygens (including phenoxy) is 2. The molecule has 28 heteroatoms. The summed E-state index contributed by atoms with van der Waals surface area (Å²) in [6.45, 7) is 15.6. The quantitative estimate of drug-likeness (QED) is 0.0254. The number of unbranched alkanes of at least 4 members (excludes halogenated alkanes) is 1. The Balaban J connectivity index is 1.62. The van der Waals surface area contributed by atoms with E-state index in [1.807, 2.05) is 55.4 Å². The lowest BCUT2D eigenvalue weighted by Crippen LogP contribution is -2.45. The Morgan fingerprint density at radius 2 is 1.25 bits per heavy atom. The van der Waals surface area contributed by atoms with Gasteiger partial charge >= 0.3 is 11.9 Å². The summed E-state index contributed by atoms with van der Waals surface area (Å²) >= 11 is 1.24. The van der Waals surface area contributed by atoms with E-state index < -0.39 is 87.7 Å². The van der Waals surface area contributed by atoms with E-state index in [1.165, 1.54) is 11.9 Å². The maximum atomic E-state index is 13.1. The Hall–Kier alpha value is -6.94. The third-order valence-electron chi connectivity index (χ3n) is 12.5. The van der Waals surface area contributed by atoms with Crippen LogP contribution in [0, 0.1) is 16.2 Å². The average molecular weight is 1150 g/mol.